The number of carbonyl (C=O) groups is 1. The third-order valence-corrected chi connectivity index (χ3v) is 4.39. The molecule has 146 valence electrons. The van der Waals surface area contributed by atoms with E-state index in [2.05, 4.69) is 9.97 Å². The van der Waals surface area contributed by atoms with Crippen molar-refractivity contribution in [2.75, 3.05) is 28.4 Å². The van der Waals surface area contributed by atoms with Crippen molar-refractivity contribution in [2.45, 2.75) is 0 Å². The first-order chi connectivity index (χ1) is 13.4. The standard InChI is InChI=1S/C19H17ClN2O6/c1-25-11-7-9(8-12(26-2)17(11)27-3)14-10-5-6-13(20)21-15(10)18(23)22-16(14)19(24)28-4/h5-8H,1-4H3,(H,22,23). The van der Waals surface area contributed by atoms with Gasteiger partial charge in [-0.1, -0.05) is 11.6 Å². The lowest BCUT2D eigenvalue weighted by Crippen LogP contribution is -2.17. The maximum absolute atomic E-state index is 12.4. The molecule has 0 saturated carbocycles. The van der Waals surface area contributed by atoms with Gasteiger partial charge in [0, 0.05) is 10.9 Å². The average Bonchev–Trinajstić information content (AvgIpc) is 2.72. The Balaban J connectivity index is 2.47. The second kappa shape index (κ2) is 7.77. The van der Waals surface area contributed by atoms with Crippen molar-refractivity contribution in [3.8, 4) is 28.4 Å². The Kier molecular flexibility index (Phi) is 5.41. The number of H-pyrrole nitrogens is 1. The third-order valence-electron chi connectivity index (χ3n) is 4.18. The molecule has 0 amide bonds. The van der Waals surface area contributed by atoms with Crippen LogP contribution in [0.1, 0.15) is 10.5 Å². The van der Waals surface area contributed by atoms with Crippen molar-refractivity contribution in [1.29, 1.82) is 0 Å². The fourth-order valence-electron chi connectivity index (χ4n) is 2.96. The van der Waals surface area contributed by atoms with Crippen LogP contribution in [0.3, 0.4) is 0 Å². The normalized spacial score (nSPS) is 10.6. The van der Waals surface area contributed by atoms with Crippen LogP contribution >= 0.6 is 11.6 Å². The Morgan fingerprint density at radius 3 is 2.21 bits per heavy atom. The summed E-state index contributed by atoms with van der Waals surface area (Å²) in [4.78, 5) is 31.4. The maximum atomic E-state index is 12.4. The van der Waals surface area contributed by atoms with Crippen LogP contribution in [0.25, 0.3) is 22.0 Å². The van der Waals surface area contributed by atoms with Crippen LogP contribution in [0, 0.1) is 0 Å². The number of ether oxygens (including phenoxy) is 4. The summed E-state index contributed by atoms with van der Waals surface area (Å²) in [6, 6.07) is 6.47. The van der Waals surface area contributed by atoms with Crippen LogP contribution < -0.4 is 19.8 Å². The fraction of sp³-hybridized carbons (Fsp3) is 0.211. The van der Waals surface area contributed by atoms with Gasteiger partial charge in [-0.15, -0.1) is 0 Å². The van der Waals surface area contributed by atoms with E-state index in [-0.39, 0.29) is 16.4 Å². The van der Waals surface area contributed by atoms with Gasteiger partial charge in [0.1, 0.15) is 16.4 Å². The van der Waals surface area contributed by atoms with Crippen molar-refractivity contribution < 1.29 is 23.7 Å². The number of hydrogen-bond donors (Lipinski definition) is 1. The maximum Gasteiger partial charge on any atom is 0.355 e. The lowest BCUT2D eigenvalue weighted by molar-refractivity contribution is 0.0595. The van der Waals surface area contributed by atoms with Gasteiger partial charge in [0.25, 0.3) is 5.56 Å². The number of esters is 1. The zero-order valence-corrected chi connectivity index (χ0v) is 16.3. The molecule has 3 aromatic rings. The molecule has 0 aliphatic carbocycles. The number of halogens is 1. The molecular weight excluding hydrogens is 388 g/mol. The minimum absolute atomic E-state index is 0.0293. The third kappa shape index (κ3) is 3.22. The predicted molar refractivity (Wildman–Crippen MR) is 104 cm³/mol. The summed E-state index contributed by atoms with van der Waals surface area (Å²) in [7, 11) is 5.67. The van der Waals surface area contributed by atoms with Crippen molar-refractivity contribution in [2.24, 2.45) is 0 Å². The second-order valence-corrected chi connectivity index (χ2v) is 6.03. The molecule has 8 nitrogen and oxygen atoms in total. The molecule has 0 saturated heterocycles. The van der Waals surface area contributed by atoms with E-state index >= 15 is 0 Å². The molecule has 2 heterocycles. The molecule has 28 heavy (non-hydrogen) atoms. The van der Waals surface area contributed by atoms with Crippen molar-refractivity contribution >= 4 is 28.5 Å². The molecule has 0 atom stereocenters. The highest BCUT2D eigenvalue weighted by atomic mass is 35.5. The number of methoxy groups -OCH3 is 4. The van der Waals surface area contributed by atoms with Gasteiger partial charge >= 0.3 is 5.97 Å². The molecular formula is C19H17ClN2O6. The number of benzene rings is 1. The molecule has 0 spiro atoms. The summed E-state index contributed by atoms with van der Waals surface area (Å²) in [6.45, 7) is 0. The largest absolute Gasteiger partial charge is 0.493 e. The van der Waals surface area contributed by atoms with Gasteiger partial charge in [0.05, 0.1) is 28.4 Å². The number of carbonyl (C=O) groups excluding carboxylic acids is 1. The summed E-state index contributed by atoms with van der Waals surface area (Å²) in [6.07, 6.45) is 0. The molecule has 0 fully saturated rings. The number of aromatic amines is 1. The quantitative estimate of drug-likeness (QED) is 0.515. The first-order valence-corrected chi connectivity index (χ1v) is 8.44. The number of rotatable bonds is 5. The number of nitrogens with zero attached hydrogens (tertiary/aromatic N) is 1. The topological polar surface area (TPSA) is 99.7 Å². The van der Waals surface area contributed by atoms with Crippen LogP contribution in [-0.2, 0) is 4.74 Å². The monoisotopic (exact) mass is 404 g/mol. The predicted octanol–water partition coefficient (Wildman–Crippen LogP) is 3.06. The molecule has 0 unspecified atom stereocenters. The number of nitrogens with one attached hydrogen (secondary N) is 1. The zero-order valence-electron chi connectivity index (χ0n) is 15.6. The first-order valence-electron chi connectivity index (χ1n) is 8.06. The highest BCUT2D eigenvalue weighted by molar-refractivity contribution is 6.29. The number of aromatic nitrogens is 2. The minimum atomic E-state index is -0.710. The lowest BCUT2D eigenvalue weighted by Gasteiger charge is -2.16. The van der Waals surface area contributed by atoms with Crippen LogP contribution in [0.4, 0.5) is 0 Å². The van der Waals surface area contributed by atoms with E-state index in [9.17, 15) is 9.59 Å². The van der Waals surface area contributed by atoms with E-state index in [1.54, 1.807) is 18.2 Å². The smallest absolute Gasteiger partial charge is 0.355 e. The van der Waals surface area contributed by atoms with Gasteiger partial charge in [0.2, 0.25) is 5.75 Å². The zero-order chi connectivity index (χ0) is 20.4. The number of pyridine rings is 2. The van der Waals surface area contributed by atoms with E-state index < -0.39 is 11.5 Å². The van der Waals surface area contributed by atoms with Crippen LogP contribution in [-0.4, -0.2) is 44.4 Å². The summed E-state index contributed by atoms with van der Waals surface area (Å²) < 4.78 is 21.0. The Hall–Kier alpha value is -3.26. The number of hydrogen-bond acceptors (Lipinski definition) is 7. The van der Waals surface area contributed by atoms with E-state index in [1.165, 1.54) is 34.5 Å². The van der Waals surface area contributed by atoms with Crippen LogP contribution in [0.15, 0.2) is 29.1 Å². The molecule has 1 N–H and O–H groups in total. The van der Waals surface area contributed by atoms with Crippen LogP contribution in [0.2, 0.25) is 5.15 Å². The molecule has 0 radical (unpaired) electrons. The van der Waals surface area contributed by atoms with E-state index in [4.69, 9.17) is 30.5 Å². The molecule has 0 bridgehead atoms. The Labute approximate surface area is 165 Å². The van der Waals surface area contributed by atoms with E-state index in [1.807, 2.05) is 0 Å². The lowest BCUT2D eigenvalue weighted by atomic mass is 9.98. The molecule has 0 aliphatic rings. The highest BCUT2D eigenvalue weighted by Gasteiger charge is 2.23. The summed E-state index contributed by atoms with van der Waals surface area (Å²) in [5.74, 6) is 0.448. The van der Waals surface area contributed by atoms with Crippen molar-refractivity contribution in [3.05, 3.63) is 45.5 Å². The SMILES string of the molecule is COC(=O)c1[nH]c(=O)c2nc(Cl)ccc2c1-c1cc(OC)c(OC)c(OC)c1. The Morgan fingerprint density at radius 1 is 1.04 bits per heavy atom. The average molecular weight is 405 g/mol. The van der Waals surface area contributed by atoms with E-state index in [0.717, 1.165) is 0 Å². The van der Waals surface area contributed by atoms with Gasteiger partial charge in [-0.05, 0) is 29.8 Å². The first kappa shape index (κ1) is 19.5. The van der Waals surface area contributed by atoms with Crippen molar-refractivity contribution in [3.63, 3.8) is 0 Å². The van der Waals surface area contributed by atoms with Gasteiger partial charge in [0.15, 0.2) is 11.5 Å². The molecule has 2 aromatic heterocycles. The summed E-state index contributed by atoms with van der Waals surface area (Å²) >= 11 is 5.94. The van der Waals surface area contributed by atoms with Crippen molar-refractivity contribution in [1.82, 2.24) is 9.97 Å². The number of fused-ring (bicyclic) bond motifs is 1. The molecule has 9 heteroatoms. The van der Waals surface area contributed by atoms with Gasteiger partial charge in [-0.2, -0.15) is 0 Å². The van der Waals surface area contributed by atoms with Gasteiger partial charge in [-0.25, -0.2) is 9.78 Å². The fourth-order valence-corrected chi connectivity index (χ4v) is 3.11. The van der Waals surface area contributed by atoms with Gasteiger partial charge < -0.3 is 23.9 Å². The molecule has 0 aliphatic heterocycles. The minimum Gasteiger partial charge on any atom is -0.493 e. The Morgan fingerprint density at radius 2 is 1.68 bits per heavy atom. The highest BCUT2D eigenvalue weighted by Crippen LogP contribution is 2.43. The molecule has 3 rings (SSSR count). The second-order valence-electron chi connectivity index (χ2n) is 5.64. The van der Waals surface area contributed by atoms with Crippen LogP contribution in [0.5, 0.6) is 17.2 Å². The summed E-state index contributed by atoms with van der Waals surface area (Å²) in [5, 5.41) is 0.572. The Bertz CT molecular complexity index is 1100. The molecule has 1 aromatic carbocycles. The van der Waals surface area contributed by atoms with Gasteiger partial charge in [-0.3, -0.25) is 4.79 Å². The summed E-state index contributed by atoms with van der Waals surface area (Å²) in [5.41, 5.74) is 0.418. The van der Waals surface area contributed by atoms with E-state index in [0.29, 0.717) is 33.8 Å².